The lowest BCUT2D eigenvalue weighted by molar-refractivity contribution is 0.0478. The first-order chi connectivity index (χ1) is 13.1. The molecule has 2 aliphatic heterocycles. The third-order valence-electron chi connectivity index (χ3n) is 5.20. The molecule has 0 radical (unpaired) electrons. The predicted molar refractivity (Wildman–Crippen MR) is 100 cm³/mol. The maximum Gasteiger partial charge on any atom is 0.317 e. The number of methoxy groups -OCH3 is 1. The van der Waals surface area contributed by atoms with E-state index in [1.807, 2.05) is 42.5 Å². The van der Waals surface area contributed by atoms with Crippen LogP contribution in [0.2, 0.25) is 0 Å². The molecule has 0 saturated carbocycles. The van der Waals surface area contributed by atoms with Gasteiger partial charge < -0.3 is 19.7 Å². The van der Waals surface area contributed by atoms with E-state index in [9.17, 15) is 9.59 Å². The largest absolute Gasteiger partial charge is 0.497 e. The monoisotopic (exact) mass is 366 g/mol. The molecule has 2 aliphatic rings. The van der Waals surface area contributed by atoms with Gasteiger partial charge in [-0.05, 0) is 29.8 Å². The van der Waals surface area contributed by atoms with Crippen molar-refractivity contribution in [3.8, 4) is 11.5 Å². The highest BCUT2D eigenvalue weighted by Gasteiger charge is 2.46. The summed E-state index contributed by atoms with van der Waals surface area (Å²) in [5.41, 5.74) is 1.02. The fourth-order valence-corrected chi connectivity index (χ4v) is 3.72. The van der Waals surface area contributed by atoms with Crippen molar-refractivity contribution in [1.29, 1.82) is 0 Å². The number of hydrogen-bond donors (Lipinski definition) is 1. The molecule has 1 N–H and O–H groups in total. The van der Waals surface area contributed by atoms with E-state index in [1.165, 1.54) is 0 Å². The second kappa shape index (κ2) is 6.95. The lowest BCUT2D eigenvalue weighted by Gasteiger charge is -2.34. The topological polar surface area (TPSA) is 67.9 Å². The van der Waals surface area contributed by atoms with Gasteiger partial charge in [-0.2, -0.15) is 0 Å². The summed E-state index contributed by atoms with van der Waals surface area (Å²) in [6.07, 6.45) is 0.968. The summed E-state index contributed by atoms with van der Waals surface area (Å²) >= 11 is 0. The van der Waals surface area contributed by atoms with Crippen molar-refractivity contribution in [2.45, 2.75) is 25.0 Å². The van der Waals surface area contributed by atoms with Crippen molar-refractivity contribution in [3.05, 3.63) is 59.7 Å². The average Bonchev–Trinajstić information content (AvgIpc) is 3.09. The van der Waals surface area contributed by atoms with Crippen LogP contribution in [0.3, 0.4) is 0 Å². The fraction of sp³-hybridized carbons (Fsp3) is 0.333. The third-order valence-corrected chi connectivity index (χ3v) is 5.20. The normalized spacial score (nSPS) is 20.9. The molecule has 1 fully saturated rings. The number of nitrogens with one attached hydrogen (secondary N) is 1. The van der Waals surface area contributed by atoms with Crippen LogP contribution in [-0.2, 0) is 6.54 Å². The molecule has 2 amide bonds. The van der Waals surface area contributed by atoms with E-state index in [2.05, 4.69) is 5.32 Å². The highest BCUT2D eigenvalue weighted by molar-refractivity contribution is 6.00. The van der Waals surface area contributed by atoms with Gasteiger partial charge in [0.15, 0.2) is 5.78 Å². The number of Topliss-reactive ketones (excluding diaryl/α,β-unsaturated/α-hetero) is 1. The Bertz CT molecular complexity index is 865. The Morgan fingerprint density at radius 3 is 2.78 bits per heavy atom. The van der Waals surface area contributed by atoms with Crippen molar-refractivity contribution >= 4 is 11.8 Å². The molecule has 0 aromatic heterocycles. The summed E-state index contributed by atoms with van der Waals surface area (Å²) in [6, 6.07) is 14.7. The van der Waals surface area contributed by atoms with Gasteiger partial charge in [0, 0.05) is 19.5 Å². The zero-order valence-corrected chi connectivity index (χ0v) is 15.2. The number of carbonyl (C=O) groups is 2. The van der Waals surface area contributed by atoms with Gasteiger partial charge >= 0.3 is 6.03 Å². The van der Waals surface area contributed by atoms with Crippen LogP contribution < -0.4 is 14.8 Å². The van der Waals surface area contributed by atoms with Crippen LogP contribution in [0.5, 0.6) is 11.5 Å². The molecular weight excluding hydrogens is 344 g/mol. The number of rotatable bonds is 3. The highest BCUT2D eigenvalue weighted by Crippen LogP contribution is 2.38. The van der Waals surface area contributed by atoms with E-state index in [-0.39, 0.29) is 11.8 Å². The summed E-state index contributed by atoms with van der Waals surface area (Å²) in [6.45, 7) is 1.43. The number of fused-ring (bicyclic) bond motifs is 1. The molecule has 2 aromatic carbocycles. The molecule has 140 valence electrons. The summed E-state index contributed by atoms with van der Waals surface area (Å²) in [5.74, 6) is 1.48. The minimum Gasteiger partial charge on any atom is -0.497 e. The van der Waals surface area contributed by atoms with Crippen molar-refractivity contribution in [2.24, 2.45) is 0 Å². The van der Waals surface area contributed by atoms with E-state index in [0.717, 1.165) is 11.3 Å². The van der Waals surface area contributed by atoms with Crippen LogP contribution >= 0.6 is 0 Å². The van der Waals surface area contributed by atoms with Crippen LogP contribution in [-0.4, -0.2) is 42.5 Å². The second-order valence-electron chi connectivity index (χ2n) is 7.06. The smallest absolute Gasteiger partial charge is 0.317 e. The standard InChI is InChI=1S/C21H22N2O4/c1-26-16-8-6-15(7-9-16)13-22-20(25)23-11-10-21(14-23)12-18(24)17-4-2-3-5-19(17)27-21/h2-9H,10-14H2,1H3,(H,22,25). The molecule has 1 unspecified atom stereocenters. The number of amides is 2. The van der Waals surface area contributed by atoms with Crippen molar-refractivity contribution < 1.29 is 19.1 Å². The lowest BCUT2D eigenvalue weighted by atomic mass is 9.89. The number of benzene rings is 2. The number of urea groups is 1. The maximum absolute atomic E-state index is 12.5. The van der Waals surface area contributed by atoms with E-state index in [4.69, 9.17) is 9.47 Å². The van der Waals surface area contributed by atoms with Crippen LogP contribution in [0, 0.1) is 0 Å². The highest BCUT2D eigenvalue weighted by atomic mass is 16.5. The van der Waals surface area contributed by atoms with E-state index in [0.29, 0.717) is 43.8 Å². The Morgan fingerprint density at radius 1 is 1.22 bits per heavy atom. The average molecular weight is 366 g/mol. The molecular formula is C21H22N2O4. The Kier molecular flexibility index (Phi) is 4.48. The summed E-state index contributed by atoms with van der Waals surface area (Å²) < 4.78 is 11.3. The first-order valence-electron chi connectivity index (χ1n) is 9.05. The second-order valence-corrected chi connectivity index (χ2v) is 7.06. The first kappa shape index (κ1) is 17.4. The Hall–Kier alpha value is -3.02. The Balaban J connectivity index is 1.37. The van der Waals surface area contributed by atoms with Gasteiger partial charge in [0.2, 0.25) is 0 Å². The minimum atomic E-state index is -0.608. The summed E-state index contributed by atoms with van der Waals surface area (Å²) in [5, 5.41) is 2.94. The maximum atomic E-state index is 12.5. The first-order valence-corrected chi connectivity index (χ1v) is 9.05. The van der Waals surface area contributed by atoms with Crippen LogP contribution in [0.25, 0.3) is 0 Å². The molecule has 4 rings (SSSR count). The minimum absolute atomic E-state index is 0.0809. The zero-order chi connectivity index (χ0) is 18.9. The number of ketones is 1. The van der Waals surface area contributed by atoms with Gasteiger partial charge in [-0.25, -0.2) is 4.79 Å². The summed E-state index contributed by atoms with van der Waals surface area (Å²) in [4.78, 5) is 26.7. The number of ether oxygens (including phenoxy) is 2. The van der Waals surface area contributed by atoms with Gasteiger partial charge in [0.05, 0.1) is 25.6 Å². The summed E-state index contributed by atoms with van der Waals surface area (Å²) in [7, 11) is 1.62. The molecule has 1 atom stereocenters. The van der Waals surface area contributed by atoms with E-state index in [1.54, 1.807) is 18.1 Å². The molecule has 2 aromatic rings. The van der Waals surface area contributed by atoms with Gasteiger partial charge in [0.25, 0.3) is 0 Å². The number of likely N-dealkylation sites (tertiary alicyclic amines) is 1. The molecule has 1 spiro atoms. The SMILES string of the molecule is COc1ccc(CNC(=O)N2CCC3(CC(=O)c4ccccc4O3)C2)cc1. The number of para-hydroxylation sites is 1. The van der Waals surface area contributed by atoms with Crippen LogP contribution in [0.15, 0.2) is 48.5 Å². The third kappa shape index (κ3) is 3.47. The van der Waals surface area contributed by atoms with E-state index >= 15 is 0 Å². The Morgan fingerprint density at radius 2 is 2.00 bits per heavy atom. The van der Waals surface area contributed by atoms with Crippen LogP contribution in [0.1, 0.15) is 28.8 Å². The van der Waals surface area contributed by atoms with Crippen molar-refractivity contribution in [3.63, 3.8) is 0 Å². The number of hydrogen-bond acceptors (Lipinski definition) is 4. The van der Waals surface area contributed by atoms with Gasteiger partial charge in [-0.3, -0.25) is 4.79 Å². The van der Waals surface area contributed by atoms with E-state index < -0.39 is 5.60 Å². The molecule has 6 heteroatoms. The molecule has 0 bridgehead atoms. The molecule has 6 nitrogen and oxygen atoms in total. The van der Waals surface area contributed by atoms with Gasteiger partial charge in [-0.1, -0.05) is 24.3 Å². The van der Waals surface area contributed by atoms with Gasteiger partial charge in [0.1, 0.15) is 17.1 Å². The number of carbonyl (C=O) groups excluding carboxylic acids is 2. The molecule has 1 saturated heterocycles. The molecule has 27 heavy (non-hydrogen) atoms. The zero-order valence-electron chi connectivity index (χ0n) is 15.2. The molecule has 2 heterocycles. The predicted octanol–water partition coefficient (Wildman–Crippen LogP) is 3.01. The Labute approximate surface area is 158 Å². The lowest BCUT2D eigenvalue weighted by Crippen LogP contribution is -2.47. The van der Waals surface area contributed by atoms with Crippen LogP contribution in [0.4, 0.5) is 4.79 Å². The van der Waals surface area contributed by atoms with Crippen molar-refractivity contribution in [1.82, 2.24) is 10.2 Å². The quantitative estimate of drug-likeness (QED) is 0.907. The number of nitrogens with zero attached hydrogens (tertiary/aromatic N) is 1. The molecule has 0 aliphatic carbocycles. The fourth-order valence-electron chi connectivity index (χ4n) is 3.72. The van der Waals surface area contributed by atoms with Gasteiger partial charge in [-0.15, -0.1) is 0 Å². The van der Waals surface area contributed by atoms with Crippen molar-refractivity contribution in [2.75, 3.05) is 20.2 Å².